The first-order chi connectivity index (χ1) is 11.4. The molecule has 0 radical (unpaired) electrons. The summed E-state index contributed by atoms with van der Waals surface area (Å²) < 4.78 is 28.0. The molecular formula is C15H20N2O5S2. The molecule has 1 unspecified atom stereocenters. The van der Waals surface area contributed by atoms with E-state index in [-0.39, 0.29) is 21.9 Å². The molecular weight excluding hydrogens is 352 g/mol. The van der Waals surface area contributed by atoms with Gasteiger partial charge in [0, 0.05) is 23.5 Å². The van der Waals surface area contributed by atoms with Gasteiger partial charge in [-0.2, -0.15) is 4.31 Å². The lowest BCUT2D eigenvalue weighted by Crippen LogP contribution is -2.47. The molecule has 132 valence electrons. The van der Waals surface area contributed by atoms with E-state index < -0.39 is 22.1 Å². The fourth-order valence-corrected chi connectivity index (χ4v) is 8.15. The third-order valence-electron chi connectivity index (χ3n) is 5.26. The van der Waals surface area contributed by atoms with Crippen LogP contribution in [-0.4, -0.2) is 53.6 Å². The Morgan fingerprint density at radius 1 is 1.25 bits per heavy atom. The minimum Gasteiger partial charge on any atom is -0.478 e. The van der Waals surface area contributed by atoms with Gasteiger partial charge in [-0.1, -0.05) is 0 Å². The molecule has 3 aliphatic heterocycles. The van der Waals surface area contributed by atoms with Gasteiger partial charge in [-0.15, -0.1) is 11.3 Å². The van der Waals surface area contributed by atoms with E-state index in [0.29, 0.717) is 37.9 Å². The molecule has 9 heteroatoms. The number of nitrogens with one attached hydrogen (secondary N) is 1. The lowest BCUT2D eigenvalue weighted by atomic mass is 10.0. The lowest BCUT2D eigenvalue weighted by Gasteiger charge is -2.35. The van der Waals surface area contributed by atoms with Crippen molar-refractivity contribution < 1.29 is 23.4 Å². The van der Waals surface area contributed by atoms with Crippen molar-refractivity contribution in [3.05, 3.63) is 16.0 Å². The van der Waals surface area contributed by atoms with Gasteiger partial charge in [0.2, 0.25) is 0 Å². The minimum absolute atomic E-state index is 0.0306. The first kappa shape index (κ1) is 16.5. The van der Waals surface area contributed by atoms with Crippen LogP contribution in [0.2, 0.25) is 0 Å². The van der Waals surface area contributed by atoms with Crippen LogP contribution in [-0.2, 0) is 23.0 Å². The van der Waals surface area contributed by atoms with Crippen molar-refractivity contribution in [3.63, 3.8) is 0 Å². The third kappa shape index (κ3) is 2.41. The van der Waals surface area contributed by atoms with E-state index in [4.69, 9.17) is 0 Å². The smallest absolute Gasteiger partial charge is 0.338 e. The number of hydrogen-bond donors (Lipinski definition) is 3. The van der Waals surface area contributed by atoms with Crippen molar-refractivity contribution in [3.8, 4) is 0 Å². The lowest BCUT2D eigenvalue weighted by molar-refractivity contribution is 0.0686. The molecule has 0 aliphatic carbocycles. The number of piperidine rings is 1. The van der Waals surface area contributed by atoms with E-state index in [2.05, 4.69) is 5.32 Å². The van der Waals surface area contributed by atoms with E-state index in [1.807, 2.05) is 0 Å². The molecule has 0 spiro atoms. The summed E-state index contributed by atoms with van der Waals surface area (Å²) in [6.07, 6.45) is 2.41. The molecule has 1 aromatic heterocycles. The molecule has 4 heterocycles. The second-order valence-electron chi connectivity index (χ2n) is 6.74. The molecule has 3 aliphatic rings. The number of carboxylic acids is 1. The molecule has 4 rings (SSSR count). The highest BCUT2D eigenvalue weighted by atomic mass is 32.2. The van der Waals surface area contributed by atoms with Gasteiger partial charge in [0.15, 0.2) is 0 Å². The van der Waals surface area contributed by atoms with Crippen molar-refractivity contribution in [1.29, 1.82) is 0 Å². The Labute approximate surface area is 144 Å². The predicted molar refractivity (Wildman–Crippen MR) is 87.8 cm³/mol. The SMILES string of the molecule is O=C(O)c1c(S(=O)(=O)N2[C@@H]3CC[C@H]2CC(O)C3)sc2c1CCNC2. The Morgan fingerprint density at radius 2 is 1.92 bits per heavy atom. The zero-order chi connectivity index (χ0) is 17.1. The fraction of sp³-hybridized carbons (Fsp3) is 0.667. The standard InChI is InChI=1S/C15H20N2O5S2/c18-10-5-8-1-2-9(6-10)17(8)24(21,22)15-13(14(19)20)11-3-4-16-7-12(11)23-15/h8-10,16,18H,1-7H2,(H,19,20)/t8-,9+,10?. The van der Waals surface area contributed by atoms with Crippen molar-refractivity contribution in [2.24, 2.45) is 0 Å². The molecule has 3 atom stereocenters. The molecule has 2 saturated heterocycles. The molecule has 0 amide bonds. The maximum absolute atomic E-state index is 13.3. The second kappa shape index (κ2) is 5.77. The Morgan fingerprint density at radius 3 is 2.54 bits per heavy atom. The Hall–Kier alpha value is -1.00. The van der Waals surface area contributed by atoms with Crippen molar-refractivity contribution in [2.45, 2.75) is 61.0 Å². The number of rotatable bonds is 3. The zero-order valence-corrected chi connectivity index (χ0v) is 14.7. The van der Waals surface area contributed by atoms with E-state index in [1.54, 1.807) is 0 Å². The Kier molecular flexibility index (Phi) is 3.96. The van der Waals surface area contributed by atoms with Crippen molar-refractivity contribution in [1.82, 2.24) is 9.62 Å². The topological polar surface area (TPSA) is 107 Å². The molecule has 0 aromatic carbocycles. The number of fused-ring (bicyclic) bond motifs is 3. The number of nitrogens with zero attached hydrogens (tertiary/aromatic N) is 1. The summed E-state index contributed by atoms with van der Waals surface area (Å²) in [5.74, 6) is -1.17. The highest BCUT2D eigenvalue weighted by molar-refractivity contribution is 7.91. The van der Waals surface area contributed by atoms with Gasteiger partial charge < -0.3 is 15.5 Å². The molecule has 3 N–H and O–H groups in total. The summed E-state index contributed by atoms with van der Waals surface area (Å²) in [6.45, 7) is 1.17. The summed E-state index contributed by atoms with van der Waals surface area (Å²) in [5.41, 5.74) is 0.622. The molecule has 1 aromatic rings. The number of aliphatic hydroxyl groups excluding tert-OH is 1. The highest BCUT2D eigenvalue weighted by Crippen LogP contribution is 2.43. The van der Waals surface area contributed by atoms with Crippen LogP contribution < -0.4 is 5.32 Å². The van der Waals surface area contributed by atoms with Gasteiger partial charge in [0.1, 0.15) is 4.21 Å². The molecule has 2 bridgehead atoms. The van der Waals surface area contributed by atoms with Gasteiger partial charge in [-0.05, 0) is 44.2 Å². The first-order valence-electron chi connectivity index (χ1n) is 8.19. The zero-order valence-electron chi connectivity index (χ0n) is 13.1. The summed E-state index contributed by atoms with van der Waals surface area (Å²) in [5, 5.41) is 22.7. The quantitative estimate of drug-likeness (QED) is 0.723. The number of thiophene rings is 1. The first-order valence-corrected chi connectivity index (χ1v) is 10.5. The summed E-state index contributed by atoms with van der Waals surface area (Å²) >= 11 is 1.09. The predicted octanol–water partition coefficient (Wildman–Crippen LogP) is 0.768. The van der Waals surface area contributed by atoms with Crippen LogP contribution >= 0.6 is 11.3 Å². The summed E-state index contributed by atoms with van der Waals surface area (Å²) in [4.78, 5) is 12.6. The van der Waals surface area contributed by atoms with E-state index in [0.717, 1.165) is 29.1 Å². The van der Waals surface area contributed by atoms with Crippen LogP contribution in [0.15, 0.2) is 4.21 Å². The second-order valence-corrected chi connectivity index (χ2v) is 9.89. The summed E-state index contributed by atoms with van der Waals surface area (Å²) in [7, 11) is -3.86. The van der Waals surface area contributed by atoms with Gasteiger partial charge in [0.05, 0.1) is 11.7 Å². The number of aliphatic hydroxyl groups is 1. The number of sulfonamides is 1. The van der Waals surface area contributed by atoms with Crippen LogP contribution in [0, 0.1) is 0 Å². The van der Waals surface area contributed by atoms with E-state index >= 15 is 0 Å². The number of carbonyl (C=O) groups is 1. The average Bonchev–Trinajstić information content (AvgIpc) is 3.04. The van der Waals surface area contributed by atoms with Crippen LogP contribution in [0.1, 0.15) is 46.5 Å². The van der Waals surface area contributed by atoms with Gasteiger partial charge >= 0.3 is 5.97 Å². The highest BCUT2D eigenvalue weighted by Gasteiger charge is 2.48. The summed E-state index contributed by atoms with van der Waals surface area (Å²) in [6, 6.07) is -0.440. The monoisotopic (exact) mass is 372 g/mol. The third-order valence-corrected chi connectivity index (χ3v) is 9.00. The van der Waals surface area contributed by atoms with Crippen LogP contribution in [0.3, 0.4) is 0 Å². The fourth-order valence-electron chi connectivity index (χ4n) is 4.30. The molecule has 0 saturated carbocycles. The Balaban J connectivity index is 1.81. The largest absolute Gasteiger partial charge is 0.478 e. The Bertz CT molecular complexity index is 774. The van der Waals surface area contributed by atoms with Gasteiger partial charge in [0.25, 0.3) is 10.0 Å². The van der Waals surface area contributed by atoms with Crippen molar-refractivity contribution in [2.75, 3.05) is 6.54 Å². The maximum atomic E-state index is 13.3. The van der Waals surface area contributed by atoms with Crippen LogP contribution in [0.5, 0.6) is 0 Å². The number of carboxylic acid groups (broad SMARTS) is 1. The normalized spacial score (nSPS) is 30.3. The minimum atomic E-state index is -3.86. The van der Waals surface area contributed by atoms with E-state index in [1.165, 1.54) is 4.31 Å². The average molecular weight is 372 g/mol. The van der Waals surface area contributed by atoms with Gasteiger partial charge in [-0.25, -0.2) is 13.2 Å². The maximum Gasteiger partial charge on any atom is 0.338 e. The van der Waals surface area contributed by atoms with Crippen LogP contribution in [0.4, 0.5) is 0 Å². The number of aromatic carboxylic acids is 1. The van der Waals surface area contributed by atoms with Gasteiger partial charge in [-0.3, -0.25) is 0 Å². The molecule has 2 fully saturated rings. The van der Waals surface area contributed by atoms with E-state index in [9.17, 15) is 23.4 Å². The molecule has 24 heavy (non-hydrogen) atoms. The van der Waals surface area contributed by atoms with Crippen molar-refractivity contribution >= 4 is 27.3 Å². The molecule has 7 nitrogen and oxygen atoms in total. The number of hydrogen-bond acceptors (Lipinski definition) is 6. The van der Waals surface area contributed by atoms with Crippen LogP contribution in [0.25, 0.3) is 0 Å².